The van der Waals surface area contributed by atoms with Crippen LogP contribution in [0.3, 0.4) is 0 Å². The molecular formula is C38H40Cl2N6O5S. The summed E-state index contributed by atoms with van der Waals surface area (Å²) in [4.78, 5) is 53.1. The number of carbonyl (C=O) groups excluding carboxylic acids is 2. The van der Waals surface area contributed by atoms with Gasteiger partial charge in [-0.1, -0.05) is 151 Å². The van der Waals surface area contributed by atoms with E-state index in [9.17, 15) is 19.5 Å². The second kappa shape index (κ2) is 17.2. The Balaban J connectivity index is 0.000000679. The molecule has 0 saturated carbocycles. The van der Waals surface area contributed by atoms with Gasteiger partial charge in [0.1, 0.15) is 21.8 Å². The highest BCUT2D eigenvalue weighted by Gasteiger charge is 2.54. The Labute approximate surface area is 316 Å². The van der Waals surface area contributed by atoms with Gasteiger partial charge in [0.05, 0.1) is 6.04 Å². The van der Waals surface area contributed by atoms with Crippen LogP contribution >= 0.6 is 34.5 Å². The molecule has 0 aliphatic carbocycles. The number of oxime groups is 1. The number of rotatable bonds is 12. The molecule has 4 aromatic rings. The molecule has 2 aliphatic rings. The highest BCUT2D eigenvalue weighted by atomic mass is 35.5. The zero-order valence-corrected chi connectivity index (χ0v) is 31.3. The third-order valence-corrected chi connectivity index (χ3v) is 10.5. The number of β-lactam (4-membered cyclic amide) rings is 1. The van der Waals surface area contributed by atoms with Crippen LogP contribution in [0.25, 0.3) is 0 Å². The van der Waals surface area contributed by atoms with Gasteiger partial charge in [-0.05, 0) is 32.5 Å². The Kier molecular flexibility index (Phi) is 12.7. The number of nitrogens with two attached hydrogens (primary N) is 1. The minimum absolute atomic E-state index is 0.0267. The average Bonchev–Trinajstić information content (AvgIpc) is 3.50. The van der Waals surface area contributed by atoms with Gasteiger partial charge < -0.3 is 25.9 Å². The van der Waals surface area contributed by atoms with E-state index in [4.69, 9.17) is 33.8 Å². The molecule has 272 valence electrons. The van der Waals surface area contributed by atoms with Gasteiger partial charge in [0, 0.05) is 21.7 Å². The maximum absolute atomic E-state index is 14.0. The second-order valence-electron chi connectivity index (χ2n) is 11.9. The first-order chi connectivity index (χ1) is 25.1. The SMILES string of the molecule is CCN(CC)CC.Nc1nc(/C(=N/OC(c2ccccc2)(c2ccccc2)c2ccccc2)C(=O)N[C@@H]2C(=O)N3C(C(=O)O)=C(Cl)CCC23)c(Cl)s1. The van der Waals surface area contributed by atoms with Gasteiger partial charge >= 0.3 is 5.97 Å². The number of allylic oxidation sites excluding steroid dienone is 1. The molecule has 2 aliphatic heterocycles. The van der Waals surface area contributed by atoms with Gasteiger partial charge in [-0.2, -0.15) is 0 Å². The first kappa shape index (κ1) is 38.5. The quantitative estimate of drug-likeness (QED) is 0.0644. The summed E-state index contributed by atoms with van der Waals surface area (Å²) in [7, 11) is 0. The number of nitrogens with one attached hydrogen (secondary N) is 1. The minimum Gasteiger partial charge on any atom is -0.477 e. The number of amides is 2. The van der Waals surface area contributed by atoms with Crippen molar-refractivity contribution in [2.45, 2.75) is 51.3 Å². The number of fused-ring (bicyclic) bond motifs is 1. The van der Waals surface area contributed by atoms with Crippen LogP contribution in [0.5, 0.6) is 0 Å². The number of halogens is 2. The summed E-state index contributed by atoms with van der Waals surface area (Å²) in [6, 6.07) is 26.6. The van der Waals surface area contributed by atoms with Crippen molar-refractivity contribution in [2.24, 2.45) is 5.16 Å². The topological polar surface area (TPSA) is 150 Å². The summed E-state index contributed by atoms with van der Waals surface area (Å²) in [6.07, 6.45) is 0.606. The molecule has 0 bridgehead atoms. The zero-order chi connectivity index (χ0) is 37.4. The Hall–Kier alpha value is -4.75. The van der Waals surface area contributed by atoms with Gasteiger partial charge in [0.15, 0.2) is 10.8 Å². The van der Waals surface area contributed by atoms with Crippen LogP contribution in [-0.2, 0) is 24.8 Å². The Morgan fingerprint density at radius 3 is 1.87 bits per heavy atom. The lowest BCUT2D eigenvalue weighted by atomic mass is 9.80. The number of benzene rings is 3. The highest BCUT2D eigenvalue weighted by Crippen LogP contribution is 2.42. The molecule has 2 amide bonds. The molecule has 2 atom stereocenters. The van der Waals surface area contributed by atoms with E-state index in [-0.39, 0.29) is 38.0 Å². The van der Waals surface area contributed by atoms with E-state index in [1.807, 2.05) is 91.0 Å². The third kappa shape index (κ3) is 7.85. The third-order valence-electron chi connectivity index (χ3n) is 9.06. The molecule has 6 rings (SSSR count). The largest absolute Gasteiger partial charge is 0.477 e. The van der Waals surface area contributed by atoms with E-state index in [0.29, 0.717) is 6.42 Å². The number of carboxylic acids is 1. The van der Waals surface area contributed by atoms with Crippen molar-refractivity contribution in [3.63, 3.8) is 0 Å². The fourth-order valence-electron chi connectivity index (χ4n) is 6.34. The van der Waals surface area contributed by atoms with Crippen molar-refractivity contribution in [3.8, 4) is 0 Å². The number of hydrogen-bond acceptors (Lipinski definition) is 9. The van der Waals surface area contributed by atoms with Crippen molar-refractivity contribution in [2.75, 3.05) is 25.4 Å². The van der Waals surface area contributed by atoms with E-state index in [1.165, 1.54) is 19.6 Å². The fourth-order valence-corrected chi connectivity index (χ4v) is 7.55. The predicted molar refractivity (Wildman–Crippen MR) is 204 cm³/mol. The minimum atomic E-state index is -1.33. The number of nitrogens with zero attached hydrogens (tertiary/aromatic N) is 4. The number of nitrogen functional groups attached to an aromatic ring is 1. The maximum Gasteiger partial charge on any atom is 0.353 e. The molecule has 3 heterocycles. The average molecular weight is 764 g/mol. The molecule has 1 aromatic heterocycles. The van der Waals surface area contributed by atoms with Crippen molar-refractivity contribution in [3.05, 3.63) is 128 Å². The Bertz CT molecular complexity index is 1830. The lowest BCUT2D eigenvalue weighted by molar-refractivity contribution is -0.155. The monoisotopic (exact) mass is 762 g/mol. The molecule has 14 heteroatoms. The number of hydrogen-bond donors (Lipinski definition) is 3. The van der Waals surface area contributed by atoms with E-state index >= 15 is 0 Å². The highest BCUT2D eigenvalue weighted by molar-refractivity contribution is 7.19. The smallest absolute Gasteiger partial charge is 0.353 e. The number of aliphatic carboxylic acids is 1. The van der Waals surface area contributed by atoms with Crippen LogP contribution in [0.2, 0.25) is 4.34 Å². The Morgan fingerprint density at radius 2 is 1.46 bits per heavy atom. The molecule has 4 N–H and O–H groups in total. The summed E-state index contributed by atoms with van der Waals surface area (Å²) in [5, 5.41) is 16.9. The maximum atomic E-state index is 14.0. The number of carboxylic acid groups (broad SMARTS) is 1. The van der Waals surface area contributed by atoms with E-state index in [1.54, 1.807) is 0 Å². The molecule has 1 saturated heterocycles. The van der Waals surface area contributed by atoms with Gasteiger partial charge in [0.25, 0.3) is 11.8 Å². The molecule has 1 unspecified atom stereocenters. The number of thiazole rings is 1. The van der Waals surface area contributed by atoms with Crippen LogP contribution in [0.4, 0.5) is 5.13 Å². The second-order valence-corrected chi connectivity index (χ2v) is 14.0. The standard InChI is InChI=1S/C32H25Cl2N5O5S.C6H15N/c33-21-16-17-22-23(29(41)39(22)26(21)30(42)43)36-28(40)25(24-27(34)45-31(35)37-24)38-44-32(18-10-4-1-5-11-18,19-12-6-2-7-13-19)20-14-8-3-9-15-20;1-4-7(5-2)6-3/h1-15,22-23H,16-17H2,(H2,35,37)(H,36,40)(H,42,43);4-6H2,1-3H3/b38-25-;/t22?,23-;/m0./s1. The van der Waals surface area contributed by atoms with Crippen LogP contribution in [0.15, 0.2) is 107 Å². The summed E-state index contributed by atoms with van der Waals surface area (Å²) in [5.74, 6) is -2.73. The molecule has 0 spiro atoms. The molecule has 1 fully saturated rings. The van der Waals surface area contributed by atoms with Crippen LogP contribution < -0.4 is 11.1 Å². The van der Waals surface area contributed by atoms with Gasteiger partial charge in [-0.15, -0.1) is 0 Å². The van der Waals surface area contributed by atoms with Crippen LogP contribution in [0.1, 0.15) is 56.0 Å². The molecule has 52 heavy (non-hydrogen) atoms. The summed E-state index contributed by atoms with van der Waals surface area (Å²) < 4.78 is 0.0943. The van der Waals surface area contributed by atoms with Crippen molar-refractivity contribution in [1.82, 2.24) is 20.1 Å². The van der Waals surface area contributed by atoms with Crippen LogP contribution in [0, 0.1) is 0 Å². The van der Waals surface area contributed by atoms with E-state index in [0.717, 1.165) is 32.9 Å². The van der Waals surface area contributed by atoms with Crippen molar-refractivity contribution >= 4 is 63.2 Å². The van der Waals surface area contributed by atoms with Crippen molar-refractivity contribution < 1.29 is 24.3 Å². The van der Waals surface area contributed by atoms with Gasteiger partial charge in [-0.25, -0.2) is 9.78 Å². The summed E-state index contributed by atoms with van der Waals surface area (Å²) in [5.41, 5.74) is 6.18. The summed E-state index contributed by atoms with van der Waals surface area (Å²) >= 11 is 13.6. The fraction of sp³-hybridized carbons (Fsp3) is 0.289. The zero-order valence-electron chi connectivity index (χ0n) is 29.0. The Morgan fingerprint density at radius 1 is 0.962 bits per heavy atom. The summed E-state index contributed by atoms with van der Waals surface area (Å²) in [6.45, 7) is 10.1. The number of anilines is 1. The van der Waals surface area contributed by atoms with Gasteiger partial charge in [-0.3, -0.25) is 14.5 Å². The van der Waals surface area contributed by atoms with Crippen molar-refractivity contribution in [1.29, 1.82) is 0 Å². The predicted octanol–water partition coefficient (Wildman–Crippen LogP) is 6.46. The van der Waals surface area contributed by atoms with Gasteiger partial charge in [0.2, 0.25) is 5.60 Å². The lowest BCUT2D eigenvalue weighted by Crippen LogP contribution is -2.72. The first-order valence-electron chi connectivity index (χ1n) is 16.9. The number of carbonyl (C=O) groups is 3. The molecule has 3 aromatic carbocycles. The van der Waals surface area contributed by atoms with Crippen LogP contribution in [-0.4, -0.2) is 75.1 Å². The first-order valence-corrected chi connectivity index (χ1v) is 18.5. The van der Waals surface area contributed by atoms with E-state index < -0.39 is 35.5 Å². The lowest BCUT2D eigenvalue weighted by Gasteiger charge is -2.49. The van der Waals surface area contributed by atoms with E-state index in [2.05, 4.69) is 41.1 Å². The number of aromatic nitrogens is 1. The molecule has 11 nitrogen and oxygen atoms in total. The molecular weight excluding hydrogens is 723 g/mol. The normalized spacial score (nSPS) is 17.2. The molecule has 0 radical (unpaired) electrons.